The van der Waals surface area contributed by atoms with Crippen LogP contribution in [0.4, 0.5) is 5.69 Å². The first-order valence-electron chi connectivity index (χ1n) is 13.1. The number of methoxy groups -OCH3 is 1. The lowest BCUT2D eigenvalue weighted by Crippen LogP contribution is -2.25. The van der Waals surface area contributed by atoms with Gasteiger partial charge in [-0.1, -0.05) is 51.9 Å². The van der Waals surface area contributed by atoms with Crippen LogP contribution in [0.3, 0.4) is 0 Å². The molecule has 7 heteroatoms. The number of nitrogens with one attached hydrogen (secondary N) is 2. The number of thioether (sulfide) groups is 2. The Labute approximate surface area is 225 Å². The molecule has 2 amide bonds. The standard InChI is InChI=1S/C29H42N2O3S2/c1-4-5-6-7-8-9-10-11-21-36-25-16-13-23(14-17-25)29(33)31-26-22-24(15-18-27(26)34-2)28(32)30-19-12-20-35-3/h13-18,22H,4-12,19-21H2,1-3H3,(H,30,32)(H,31,33). The maximum atomic E-state index is 12.9. The fraction of sp³-hybridized carbons (Fsp3) is 0.517. The number of carbonyl (C=O) groups is 2. The van der Waals surface area contributed by atoms with E-state index in [1.165, 1.54) is 56.3 Å². The third-order valence-electron chi connectivity index (χ3n) is 5.90. The fourth-order valence-corrected chi connectivity index (χ4v) is 5.14. The fourth-order valence-electron chi connectivity index (χ4n) is 3.79. The average Bonchev–Trinajstić information content (AvgIpc) is 2.90. The van der Waals surface area contributed by atoms with Crippen LogP contribution in [-0.2, 0) is 0 Å². The molecular formula is C29H42N2O3S2. The molecule has 0 unspecified atom stereocenters. The van der Waals surface area contributed by atoms with Crippen molar-refractivity contribution in [1.29, 1.82) is 0 Å². The average molecular weight is 531 g/mol. The molecule has 0 spiro atoms. The van der Waals surface area contributed by atoms with Gasteiger partial charge in [-0.05, 0) is 73.1 Å². The maximum absolute atomic E-state index is 12.9. The van der Waals surface area contributed by atoms with Crippen molar-refractivity contribution in [2.45, 2.75) is 69.6 Å². The normalized spacial score (nSPS) is 10.8. The van der Waals surface area contributed by atoms with Gasteiger partial charge in [0, 0.05) is 22.6 Å². The zero-order valence-electron chi connectivity index (χ0n) is 22.1. The largest absolute Gasteiger partial charge is 0.495 e. The predicted molar refractivity (Wildman–Crippen MR) is 156 cm³/mol. The van der Waals surface area contributed by atoms with Gasteiger partial charge in [-0.3, -0.25) is 9.59 Å². The summed E-state index contributed by atoms with van der Waals surface area (Å²) in [6.45, 7) is 2.88. The summed E-state index contributed by atoms with van der Waals surface area (Å²) < 4.78 is 5.39. The molecule has 0 bridgehead atoms. The van der Waals surface area contributed by atoms with Crippen molar-refractivity contribution in [2.24, 2.45) is 0 Å². The summed E-state index contributed by atoms with van der Waals surface area (Å²) in [5.41, 5.74) is 1.54. The van der Waals surface area contributed by atoms with Crippen molar-refractivity contribution in [3.63, 3.8) is 0 Å². The zero-order chi connectivity index (χ0) is 26.0. The Morgan fingerprint density at radius 2 is 1.47 bits per heavy atom. The molecule has 2 rings (SSSR count). The van der Waals surface area contributed by atoms with Crippen molar-refractivity contribution in [2.75, 3.05) is 36.7 Å². The second-order valence-corrected chi connectivity index (χ2v) is 11.0. The van der Waals surface area contributed by atoms with Crippen molar-refractivity contribution in [3.05, 3.63) is 53.6 Å². The first kappa shape index (κ1) is 30.1. The minimum absolute atomic E-state index is 0.160. The number of hydrogen-bond acceptors (Lipinski definition) is 5. The second-order valence-electron chi connectivity index (χ2n) is 8.82. The molecule has 198 valence electrons. The first-order chi connectivity index (χ1) is 17.6. The molecule has 0 fully saturated rings. The van der Waals surface area contributed by atoms with E-state index in [0.717, 1.165) is 17.9 Å². The van der Waals surface area contributed by atoms with Crippen LogP contribution in [0.1, 0.15) is 85.4 Å². The first-order valence-corrected chi connectivity index (χ1v) is 15.5. The van der Waals surface area contributed by atoms with Gasteiger partial charge in [-0.15, -0.1) is 11.8 Å². The number of anilines is 1. The summed E-state index contributed by atoms with van der Waals surface area (Å²) in [6, 6.07) is 12.8. The molecule has 0 atom stereocenters. The molecule has 0 saturated heterocycles. The van der Waals surface area contributed by atoms with E-state index in [-0.39, 0.29) is 11.8 Å². The Bertz CT molecular complexity index is 919. The highest BCUT2D eigenvalue weighted by molar-refractivity contribution is 7.99. The van der Waals surface area contributed by atoms with Crippen LogP contribution in [0.2, 0.25) is 0 Å². The van der Waals surface area contributed by atoms with Gasteiger partial charge in [0.25, 0.3) is 11.8 Å². The molecule has 0 aromatic heterocycles. The summed E-state index contributed by atoms with van der Waals surface area (Å²) in [5, 5.41) is 5.82. The molecule has 0 radical (unpaired) electrons. The molecule has 5 nitrogen and oxygen atoms in total. The molecule has 0 saturated carbocycles. The van der Waals surface area contributed by atoms with Crippen molar-refractivity contribution in [3.8, 4) is 5.75 Å². The number of hydrogen-bond donors (Lipinski definition) is 2. The van der Waals surface area contributed by atoms with Crippen LogP contribution in [0, 0.1) is 0 Å². The Balaban J connectivity index is 1.83. The summed E-state index contributed by atoms with van der Waals surface area (Å²) >= 11 is 3.59. The molecule has 0 heterocycles. The third kappa shape index (κ3) is 11.3. The van der Waals surface area contributed by atoms with Crippen LogP contribution in [0.15, 0.2) is 47.4 Å². The Morgan fingerprint density at radius 3 is 2.14 bits per heavy atom. The summed E-state index contributed by atoms with van der Waals surface area (Å²) in [7, 11) is 1.55. The Kier molecular flexibility index (Phi) is 15.2. The topological polar surface area (TPSA) is 67.4 Å². The van der Waals surface area contributed by atoms with E-state index in [1.54, 1.807) is 37.1 Å². The zero-order valence-corrected chi connectivity index (χ0v) is 23.7. The monoisotopic (exact) mass is 530 g/mol. The van der Waals surface area contributed by atoms with E-state index < -0.39 is 0 Å². The van der Waals surface area contributed by atoms with E-state index in [4.69, 9.17) is 4.74 Å². The van der Waals surface area contributed by atoms with Crippen molar-refractivity contribution >= 4 is 41.0 Å². The highest BCUT2D eigenvalue weighted by Gasteiger charge is 2.14. The summed E-state index contributed by atoms with van der Waals surface area (Å²) in [4.78, 5) is 26.5. The van der Waals surface area contributed by atoms with Crippen LogP contribution in [0.25, 0.3) is 0 Å². The number of amides is 2. The van der Waals surface area contributed by atoms with Crippen LogP contribution >= 0.6 is 23.5 Å². The molecule has 0 aliphatic heterocycles. The number of benzene rings is 2. The molecule has 36 heavy (non-hydrogen) atoms. The number of carbonyl (C=O) groups excluding carboxylic acids is 2. The van der Waals surface area contributed by atoms with Crippen LogP contribution in [0.5, 0.6) is 5.75 Å². The third-order valence-corrected chi connectivity index (χ3v) is 7.70. The van der Waals surface area contributed by atoms with Gasteiger partial charge in [-0.25, -0.2) is 0 Å². The van der Waals surface area contributed by atoms with Crippen molar-refractivity contribution < 1.29 is 14.3 Å². The molecule has 2 aromatic rings. The van der Waals surface area contributed by atoms with E-state index in [9.17, 15) is 9.59 Å². The smallest absolute Gasteiger partial charge is 0.255 e. The molecule has 0 aliphatic carbocycles. The van der Waals surface area contributed by atoms with Gasteiger partial charge < -0.3 is 15.4 Å². The van der Waals surface area contributed by atoms with E-state index in [1.807, 2.05) is 42.3 Å². The SMILES string of the molecule is CCCCCCCCCCSc1ccc(C(=O)Nc2cc(C(=O)NCCCSC)ccc2OC)cc1. The Morgan fingerprint density at radius 1 is 0.806 bits per heavy atom. The van der Waals surface area contributed by atoms with Gasteiger partial charge in [0.15, 0.2) is 0 Å². The van der Waals surface area contributed by atoms with Crippen LogP contribution in [-0.4, -0.2) is 43.2 Å². The molecule has 2 aromatic carbocycles. The molecule has 2 N–H and O–H groups in total. The van der Waals surface area contributed by atoms with Gasteiger partial charge in [0.05, 0.1) is 12.8 Å². The summed E-state index contributed by atoms with van der Waals surface area (Å²) in [5.74, 6) is 2.22. The minimum atomic E-state index is -0.231. The predicted octanol–water partition coefficient (Wildman–Crippen LogP) is 7.66. The van der Waals surface area contributed by atoms with Gasteiger partial charge in [0.2, 0.25) is 0 Å². The van der Waals surface area contributed by atoms with Crippen molar-refractivity contribution in [1.82, 2.24) is 5.32 Å². The lowest BCUT2D eigenvalue weighted by atomic mass is 10.1. The number of ether oxygens (including phenoxy) is 1. The highest BCUT2D eigenvalue weighted by atomic mass is 32.2. The van der Waals surface area contributed by atoms with E-state index >= 15 is 0 Å². The molecule has 0 aliphatic rings. The lowest BCUT2D eigenvalue weighted by molar-refractivity contribution is 0.0952. The van der Waals surface area contributed by atoms with Gasteiger partial charge in [-0.2, -0.15) is 11.8 Å². The van der Waals surface area contributed by atoms with Gasteiger partial charge >= 0.3 is 0 Å². The Hall–Kier alpha value is -2.12. The number of unbranched alkanes of at least 4 members (excludes halogenated alkanes) is 7. The van der Waals surface area contributed by atoms with Crippen LogP contribution < -0.4 is 15.4 Å². The van der Waals surface area contributed by atoms with E-state index in [0.29, 0.717) is 29.1 Å². The quantitative estimate of drug-likeness (QED) is 0.153. The highest BCUT2D eigenvalue weighted by Crippen LogP contribution is 2.27. The minimum Gasteiger partial charge on any atom is -0.495 e. The van der Waals surface area contributed by atoms with Gasteiger partial charge in [0.1, 0.15) is 5.75 Å². The van der Waals surface area contributed by atoms with E-state index in [2.05, 4.69) is 17.6 Å². The second kappa shape index (κ2) is 18.2. The lowest BCUT2D eigenvalue weighted by Gasteiger charge is -2.13. The number of rotatable bonds is 18. The molecular weight excluding hydrogens is 488 g/mol. The maximum Gasteiger partial charge on any atom is 0.255 e. The summed E-state index contributed by atoms with van der Waals surface area (Å²) in [6.07, 6.45) is 13.6.